The van der Waals surface area contributed by atoms with Crippen LogP contribution in [0.4, 0.5) is 5.69 Å². The van der Waals surface area contributed by atoms with E-state index in [0.717, 1.165) is 12.1 Å². The van der Waals surface area contributed by atoms with Gasteiger partial charge in [-0.15, -0.1) is 12.4 Å². The summed E-state index contributed by atoms with van der Waals surface area (Å²) in [6.45, 7) is 0. The van der Waals surface area contributed by atoms with Crippen LogP contribution in [0.3, 0.4) is 0 Å². The number of nitro groups is 1. The van der Waals surface area contributed by atoms with Gasteiger partial charge in [-0.2, -0.15) is 8.42 Å². The van der Waals surface area contributed by atoms with Gasteiger partial charge in [0, 0.05) is 12.1 Å². The fourth-order valence-corrected chi connectivity index (χ4v) is 1.80. The van der Waals surface area contributed by atoms with Gasteiger partial charge in [-0.1, -0.05) is 11.6 Å². The minimum Gasteiger partial charge on any atom is -0.282 e. The quantitative estimate of drug-likeness (QED) is 0.504. The topological polar surface area (TPSA) is 97.5 Å². The SMILES string of the molecule is Cl.O=[N+]([O-])c1ccc(Cl)c(S(=O)(=O)O)c1. The van der Waals surface area contributed by atoms with E-state index in [4.69, 9.17) is 16.2 Å². The molecule has 1 rings (SSSR count). The fourth-order valence-electron chi connectivity index (χ4n) is 0.803. The number of nitro benzene ring substituents is 1. The van der Waals surface area contributed by atoms with Gasteiger partial charge in [0.15, 0.2) is 0 Å². The Labute approximate surface area is 96.2 Å². The van der Waals surface area contributed by atoms with E-state index < -0.39 is 25.6 Å². The van der Waals surface area contributed by atoms with Crippen LogP contribution in [0.5, 0.6) is 0 Å². The molecule has 0 heterocycles. The summed E-state index contributed by atoms with van der Waals surface area (Å²) in [5.74, 6) is 0. The molecule has 15 heavy (non-hydrogen) atoms. The molecular formula is C6H5Cl2NO5S. The average molecular weight is 274 g/mol. The van der Waals surface area contributed by atoms with Crippen LogP contribution in [-0.4, -0.2) is 17.9 Å². The smallest absolute Gasteiger partial charge is 0.282 e. The van der Waals surface area contributed by atoms with Crippen LogP contribution in [0.25, 0.3) is 0 Å². The van der Waals surface area contributed by atoms with Crippen molar-refractivity contribution in [3.8, 4) is 0 Å². The molecule has 6 nitrogen and oxygen atoms in total. The van der Waals surface area contributed by atoms with Crippen molar-refractivity contribution in [1.82, 2.24) is 0 Å². The van der Waals surface area contributed by atoms with Crippen LogP contribution in [0.15, 0.2) is 23.1 Å². The molecule has 9 heteroatoms. The maximum atomic E-state index is 10.7. The summed E-state index contributed by atoms with van der Waals surface area (Å²) < 4.78 is 30.0. The summed E-state index contributed by atoms with van der Waals surface area (Å²) in [6.07, 6.45) is 0. The third-order valence-corrected chi connectivity index (χ3v) is 2.74. The van der Waals surface area contributed by atoms with E-state index in [2.05, 4.69) is 0 Å². The lowest BCUT2D eigenvalue weighted by atomic mass is 10.3. The van der Waals surface area contributed by atoms with E-state index in [0.29, 0.717) is 6.07 Å². The van der Waals surface area contributed by atoms with Gasteiger partial charge in [-0.3, -0.25) is 14.7 Å². The number of rotatable bonds is 2. The van der Waals surface area contributed by atoms with E-state index in [1.165, 1.54) is 0 Å². The molecule has 0 fully saturated rings. The Morgan fingerprint density at radius 1 is 1.40 bits per heavy atom. The van der Waals surface area contributed by atoms with Crippen LogP contribution in [0.1, 0.15) is 0 Å². The van der Waals surface area contributed by atoms with Crippen molar-refractivity contribution in [3.05, 3.63) is 33.3 Å². The summed E-state index contributed by atoms with van der Waals surface area (Å²) >= 11 is 5.42. The van der Waals surface area contributed by atoms with Crippen molar-refractivity contribution in [1.29, 1.82) is 0 Å². The Balaban J connectivity index is 0.00000196. The van der Waals surface area contributed by atoms with Crippen molar-refractivity contribution in [2.75, 3.05) is 0 Å². The highest BCUT2D eigenvalue weighted by atomic mass is 35.5. The molecule has 0 saturated heterocycles. The van der Waals surface area contributed by atoms with Crippen LogP contribution >= 0.6 is 24.0 Å². The highest BCUT2D eigenvalue weighted by molar-refractivity contribution is 7.86. The largest absolute Gasteiger partial charge is 0.296 e. The Hall–Kier alpha value is -0.890. The molecule has 0 aromatic heterocycles. The van der Waals surface area contributed by atoms with E-state index in [1.807, 2.05) is 0 Å². The Bertz CT molecular complexity index is 486. The van der Waals surface area contributed by atoms with Crippen LogP contribution < -0.4 is 0 Å². The number of benzene rings is 1. The predicted molar refractivity (Wildman–Crippen MR) is 55.2 cm³/mol. The Kier molecular flexibility index (Phi) is 4.47. The number of nitrogens with zero attached hydrogens (tertiary/aromatic N) is 1. The van der Waals surface area contributed by atoms with Gasteiger partial charge in [0.1, 0.15) is 4.90 Å². The monoisotopic (exact) mass is 273 g/mol. The second kappa shape index (κ2) is 4.75. The van der Waals surface area contributed by atoms with Crippen molar-refractivity contribution < 1.29 is 17.9 Å². The van der Waals surface area contributed by atoms with Crippen molar-refractivity contribution in [2.45, 2.75) is 4.90 Å². The average Bonchev–Trinajstić information content (AvgIpc) is 2.02. The summed E-state index contributed by atoms with van der Waals surface area (Å²) in [5.41, 5.74) is -0.456. The first kappa shape index (κ1) is 14.1. The molecule has 0 radical (unpaired) electrons. The molecule has 0 bridgehead atoms. The Morgan fingerprint density at radius 3 is 2.33 bits per heavy atom. The molecule has 0 amide bonds. The second-order valence-corrected chi connectivity index (χ2v) is 4.14. The lowest BCUT2D eigenvalue weighted by Gasteiger charge is -1.99. The molecule has 0 aliphatic carbocycles. The van der Waals surface area contributed by atoms with Gasteiger partial charge in [0.2, 0.25) is 0 Å². The Morgan fingerprint density at radius 2 is 1.93 bits per heavy atom. The lowest BCUT2D eigenvalue weighted by molar-refractivity contribution is -0.385. The number of hydrogen-bond acceptors (Lipinski definition) is 4. The molecule has 1 aromatic carbocycles. The molecule has 0 saturated carbocycles. The van der Waals surface area contributed by atoms with Gasteiger partial charge in [0.25, 0.3) is 15.8 Å². The second-order valence-electron chi connectivity index (χ2n) is 2.35. The molecule has 1 aromatic rings. The van der Waals surface area contributed by atoms with E-state index in [1.54, 1.807) is 0 Å². The van der Waals surface area contributed by atoms with E-state index >= 15 is 0 Å². The number of halogens is 2. The first-order valence-corrected chi connectivity index (χ1v) is 5.05. The minimum absolute atomic E-state index is 0. The lowest BCUT2D eigenvalue weighted by Crippen LogP contribution is -2.00. The molecular weight excluding hydrogens is 269 g/mol. The number of hydrogen-bond donors (Lipinski definition) is 1. The molecule has 0 atom stereocenters. The standard InChI is InChI=1S/C6H4ClNO5S.ClH/c7-5-2-1-4(8(9)10)3-6(5)14(11,12)13;/h1-3H,(H,11,12,13);1H. The first-order valence-electron chi connectivity index (χ1n) is 3.24. The van der Waals surface area contributed by atoms with Gasteiger partial charge in [-0.05, 0) is 6.07 Å². The van der Waals surface area contributed by atoms with Crippen LogP contribution in [0, 0.1) is 10.1 Å². The molecule has 0 aliphatic heterocycles. The van der Waals surface area contributed by atoms with Crippen molar-refractivity contribution in [3.63, 3.8) is 0 Å². The predicted octanol–water partition coefficient (Wildman–Crippen LogP) is 1.92. The molecule has 0 spiro atoms. The van der Waals surface area contributed by atoms with Crippen LogP contribution in [0.2, 0.25) is 5.02 Å². The fraction of sp³-hybridized carbons (Fsp3) is 0. The normalized spacial score (nSPS) is 10.5. The van der Waals surface area contributed by atoms with Crippen LogP contribution in [-0.2, 0) is 10.1 Å². The van der Waals surface area contributed by atoms with Crippen molar-refractivity contribution in [2.24, 2.45) is 0 Å². The molecule has 1 N–H and O–H groups in total. The zero-order valence-electron chi connectivity index (χ0n) is 6.95. The summed E-state index contributed by atoms with van der Waals surface area (Å²) in [5, 5.41) is 10.0. The summed E-state index contributed by atoms with van der Waals surface area (Å²) in [4.78, 5) is 8.82. The molecule has 84 valence electrons. The third kappa shape index (κ3) is 3.31. The highest BCUT2D eigenvalue weighted by Gasteiger charge is 2.18. The van der Waals surface area contributed by atoms with Gasteiger partial charge in [-0.25, -0.2) is 0 Å². The molecule has 0 unspecified atom stereocenters. The zero-order valence-corrected chi connectivity index (χ0v) is 9.34. The number of non-ortho nitro benzene ring substituents is 1. The van der Waals surface area contributed by atoms with Gasteiger partial charge >= 0.3 is 0 Å². The molecule has 0 aliphatic rings. The zero-order chi connectivity index (χ0) is 10.9. The maximum absolute atomic E-state index is 10.7. The minimum atomic E-state index is -4.53. The van der Waals surface area contributed by atoms with Crippen molar-refractivity contribution >= 4 is 39.8 Å². The first-order chi connectivity index (χ1) is 6.32. The van der Waals surface area contributed by atoms with E-state index in [-0.39, 0.29) is 17.4 Å². The summed E-state index contributed by atoms with van der Waals surface area (Å²) in [7, 11) is -4.53. The highest BCUT2D eigenvalue weighted by Crippen LogP contribution is 2.25. The maximum Gasteiger partial charge on any atom is 0.296 e. The van der Waals surface area contributed by atoms with Gasteiger partial charge in [0.05, 0.1) is 9.95 Å². The van der Waals surface area contributed by atoms with E-state index in [9.17, 15) is 18.5 Å². The third-order valence-electron chi connectivity index (χ3n) is 1.40. The van der Waals surface area contributed by atoms with Gasteiger partial charge < -0.3 is 0 Å². The summed E-state index contributed by atoms with van der Waals surface area (Å²) in [6, 6.07) is 2.76.